The van der Waals surface area contributed by atoms with Crippen molar-refractivity contribution >= 4 is 17.8 Å². The van der Waals surface area contributed by atoms with Crippen LogP contribution in [0.5, 0.6) is 0 Å². The van der Waals surface area contributed by atoms with Gasteiger partial charge in [-0.3, -0.25) is 4.79 Å². The summed E-state index contributed by atoms with van der Waals surface area (Å²) in [4.78, 5) is 35.2. The molecule has 21 heavy (non-hydrogen) atoms. The van der Waals surface area contributed by atoms with Crippen molar-refractivity contribution < 1.29 is 23.9 Å². The maximum absolute atomic E-state index is 12.0. The predicted octanol–water partition coefficient (Wildman–Crippen LogP) is 2.37. The van der Waals surface area contributed by atoms with Crippen molar-refractivity contribution in [1.29, 1.82) is 0 Å². The molecule has 0 bridgehead atoms. The Morgan fingerprint density at radius 2 is 1.52 bits per heavy atom. The van der Waals surface area contributed by atoms with Crippen LogP contribution in [0.3, 0.4) is 0 Å². The third kappa shape index (κ3) is 9.65. The van der Waals surface area contributed by atoms with Gasteiger partial charge in [0, 0.05) is 6.42 Å². The van der Waals surface area contributed by atoms with Crippen molar-refractivity contribution in [3.8, 4) is 0 Å². The molecular formula is C15H25NO5. The second-order valence-electron chi connectivity index (χ2n) is 6.61. The summed E-state index contributed by atoms with van der Waals surface area (Å²) < 4.78 is 10.2. The van der Waals surface area contributed by atoms with Gasteiger partial charge < -0.3 is 14.8 Å². The molecule has 0 heterocycles. The predicted molar refractivity (Wildman–Crippen MR) is 78.8 cm³/mol. The van der Waals surface area contributed by atoms with Gasteiger partial charge in [-0.05, 0) is 47.6 Å². The largest absolute Gasteiger partial charge is 0.458 e. The minimum Gasteiger partial charge on any atom is -0.458 e. The first kappa shape index (κ1) is 19.1. The molecule has 6 nitrogen and oxygen atoms in total. The molecule has 0 spiro atoms. The van der Waals surface area contributed by atoms with Crippen molar-refractivity contribution in [1.82, 2.24) is 5.32 Å². The van der Waals surface area contributed by atoms with E-state index in [1.54, 1.807) is 41.5 Å². The molecule has 0 aliphatic carbocycles. The van der Waals surface area contributed by atoms with E-state index in [4.69, 9.17) is 9.47 Å². The summed E-state index contributed by atoms with van der Waals surface area (Å²) in [6.45, 7) is 13.5. The lowest BCUT2D eigenvalue weighted by Gasteiger charge is -2.25. The van der Waals surface area contributed by atoms with Crippen LogP contribution in [0, 0.1) is 0 Å². The molecule has 1 N–H and O–H groups in total. The van der Waals surface area contributed by atoms with E-state index in [-0.39, 0.29) is 12.2 Å². The number of hydrogen-bond donors (Lipinski definition) is 1. The van der Waals surface area contributed by atoms with Crippen LogP contribution in [0.25, 0.3) is 0 Å². The Hall–Kier alpha value is -1.85. The van der Waals surface area contributed by atoms with Gasteiger partial charge in [-0.2, -0.15) is 0 Å². The van der Waals surface area contributed by atoms with Gasteiger partial charge in [-0.25, -0.2) is 9.59 Å². The summed E-state index contributed by atoms with van der Waals surface area (Å²) in [6.07, 6.45) is 0.0847. The molecule has 0 rings (SSSR count). The number of carbonyl (C=O) groups excluding carboxylic acids is 3. The van der Waals surface area contributed by atoms with Crippen LogP contribution in [0.4, 0.5) is 4.79 Å². The zero-order valence-electron chi connectivity index (χ0n) is 13.6. The number of ketones is 1. The average molecular weight is 299 g/mol. The molecule has 6 heteroatoms. The molecule has 120 valence electrons. The highest BCUT2D eigenvalue weighted by molar-refractivity contribution is 5.94. The second-order valence-corrected chi connectivity index (χ2v) is 6.61. The molecule has 0 aliphatic rings. The van der Waals surface area contributed by atoms with E-state index in [1.165, 1.54) is 0 Å². The van der Waals surface area contributed by atoms with Gasteiger partial charge in [0.1, 0.15) is 17.2 Å². The molecular weight excluding hydrogens is 274 g/mol. The molecule has 0 fully saturated rings. The number of ether oxygens (including phenoxy) is 2. The van der Waals surface area contributed by atoms with Gasteiger partial charge in [0.2, 0.25) is 0 Å². The summed E-state index contributed by atoms with van der Waals surface area (Å²) >= 11 is 0. The van der Waals surface area contributed by atoms with Crippen molar-refractivity contribution in [2.24, 2.45) is 0 Å². The number of alkyl carbamates (subject to hydrolysis) is 1. The third-order valence-corrected chi connectivity index (χ3v) is 2.02. The number of allylic oxidation sites excluding steroid dienone is 1. The van der Waals surface area contributed by atoms with E-state index in [0.717, 1.165) is 6.08 Å². The quantitative estimate of drug-likeness (QED) is 0.622. The molecule has 1 atom stereocenters. The molecule has 1 unspecified atom stereocenters. The van der Waals surface area contributed by atoms with E-state index in [1.807, 2.05) is 0 Å². The smallest absolute Gasteiger partial charge is 0.408 e. The van der Waals surface area contributed by atoms with E-state index in [0.29, 0.717) is 0 Å². The first-order chi connectivity index (χ1) is 9.34. The topological polar surface area (TPSA) is 81.7 Å². The summed E-state index contributed by atoms with van der Waals surface area (Å²) in [5.41, 5.74) is -1.42. The Balaban J connectivity index is 4.89. The lowest BCUT2D eigenvalue weighted by atomic mass is 10.1. The van der Waals surface area contributed by atoms with Crippen LogP contribution in [-0.4, -0.2) is 35.1 Å². The van der Waals surface area contributed by atoms with E-state index in [9.17, 15) is 14.4 Å². The van der Waals surface area contributed by atoms with Crippen LogP contribution < -0.4 is 5.32 Å². The minimum atomic E-state index is -1.11. The first-order valence-electron chi connectivity index (χ1n) is 6.71. The number of carbonyl (C=O) groups is 3. The standard InChI is InChI=1S/C15H25NO5/c1-8-10(17)9-11(12(18)20-14(2,3)4)16-13(19)21-15(5,6)7/h8,11H,1,9H2,2-7H3,(H,16,19). The van der Waals surface area contributed by atoms with Crippen molar-refractivity contribution in [3.05, 3.63) is 12.7 Å². The molecule has 0 saturated carbocycles. The Morgan fingerprint density at radius 1 is 1.05 bits per heavy atom. The molecule has 0 radical (unpaired) electrons. The van der Waals surface area contributed by atoms with E-state index in [2.05, 4.69) is 11.9 Å². The highest BCUT2D eigenvalue weighted by atomic mass is 16.6. The lowest BCUT2D eigenvalue weighted by molar-refractivity contribution is -0.158. The van der Waals surface area contributed by atoms with E-state index < -0.39 is 29.3 Å². The fourth-order valence-corrected chi connectivity index (χ4v) is 1.30. The van der Waals surface area contributed by atoms with Gasteiger partial charge >= 0.3 is 12.1 Å². The first-order valence-corrected chi connectivity index (χ1v) is 6.71. The summed E-state index contributed by atoms with van der Waals surface area (Å²) in [6, 6.07) is -1.11. The van der Waals surface area contributed by atoms with Crippen LogP contribution in [0.2, 0.25) is 0 Å². The highest BCUT2D eigenvalue weighted by Crippen LogP contribution is 2.12. The molecule has 0 aromatic rings. The fourth-order valence-electron chi connectivity index (χ4n) is 1.30. The zero-order valence-corrected chi connectivity index (χ0v) is 13.6. The number of nitrogens with one attached hydrogen (secondary N) is 1. The molecule has 0 aromatic heterocycles. The Labute approximate surface area is 125 Å². The monoisotopic (exact) mass is 299 g/mol. The summed E-state index contributed by atoms with van der Waals surface area (Å²) in [5, 5.41) is 2.36. The zero-order chi connectivity index (χ0) is 16.8. The van der Waals surface area contributed by atoms with Crippen LogP contribution >= 0.6 is 0 Å². The Morgan fingerprint density at radius 3 is 1.90 bits per heavy atom. The molecule has 0 aromatic carbocycles. The molecule has 0 saturated heterocycles. The highest BCUT2D eigenvalue weighted by Gasteiger charge is 2.29. The van der Waals surface area contributed by atoms with Gasteiger partial charge in [-0.1, -0.05) is 6.58 Å². The van der Waals surface area contributed by atoms with Crippen molar-refractivity contribution in [2.75, 3.05) is 0 Å². The van der Waals surface area contributed by atoms with Crippen LogP contribution in [0.1, 0.15) is 48.0 Å². The van der Waals surface area contributed by atoms with E-state index >= 15 is 0 Å². The second kappa shape index (κ2) is 7.24. The Bertz CT molecular complexity index is 415. The third-order valence-electron chi connectivity index (χ3n) is 2.02. The van der Waals surface area contributed by atoms with Gasteiger partial charge in [0.05, 0.1) is 0 Å². The van der Waals surface area contributed by atoms with Crippen LogP contribution in [0.15, 0.2) is 12.7 Å². The molecule has 0 aliphatic heterocycles. The van der Waals surface area contributed by atoms with Crippen LogP contribution in [-0.2, 0) is 19.1 Å². The summed E-state index contributed by atoms with van der Waals surface area (Å²) in [5.74, 6) is -1.06. The normalized spacial score (nSPS) is 13.0. The lowest BCUT2D eigenvalue weighted by Crippen LogP contribution is -2.46. The number of amides is 1. The number of hydrogen-bond acceptors (Lipinski definition) is 5. The number of rotatable bonds is 5. The number of esters is 1. The molecule has 1 amide bonds. The van der Waals surface area contributed by atoms with Gasteiger partial charge in [-0.15, -0.1) is 0 Å². The minimum absolute atomic E-state index is 0.225. The van der Waals surface area contributed by atoms with Gasteiger partial charge in [0.15, 0.2) is 5.78 Å². The van der Waals surface area contributed by atoms with Gasteiger partial charge in [0.25, 0.3) is 0 Å². The van der Waals surface area contributed by atoms with Crippen molar-refractivity contribution in [3.63, 3.8) is 0 Å². The fraction of sp³-hybridized carbons (Fsp3) is 0.667. The van der Waals surface area contributed by atoms with Crippen molar-refractivity contribution in [2.45, 2.75) is 65.2 Å². The maximum atomic E-state index is 12.0. The summed E-state index contributed by atoms with van der Waals surface area (Å²) in [7, 11) is 0. The SMILES string of the molecule is C=CC(=O)CC(NC(=O)OC(C)(C)C)C(=O)OC(C)(C)C. The average Bonchev–Trinajstić information content (AvgIpc) is 2.22. The maximum Gasteiger partial charge on any atom is 0.408 e. The Kier molecular flexibility index (Phi) is 6.60.